The van der Waals surface area contributed by atoms with Gasteiger partial charge in [0.2, 0.25) is 0 Å². The number of thioether (sulfide) groups is 1. The molecule has 0 bridgehead atoms. The summed E-state index contributed by atoms with van der Waals surface area (Å²) in [5, 5.41) is 4.57. The van der Waals surface area contributed by atoms with Crippen molar-refractivity contribution in [2.24, 2.45) is 4.99 Å². The molecule has 8 heteroatoms. The molecule has 2 aromatic rings. The summed E-state index contributed by atoms with van der Waals surface area (Å²) < 4.78 is 4.62. The third-order valence-electron chi connectivity index (χ3n) is 3.18. The van der Waals surface area contributed by atoms with E-state index < -0.39 is 5.97 Å². The first-order valence-electron chi connectivity index (χ1n) is 7.06. The Hall–Kier alpha value is -1.90. The van der Waals surface area contributed by atoms with Crippen LogP contribution in [-0.2, 0) is 27.4 Å². The van der Waals surface area contributed by atoms with E-state index in [1.54, 1.807) is 27.6 Å². The van der Waals surface area contributed by atoms with E-state index >= 15 is 0 Å². The molecule has 24 heavy (non-hydrogen) atoms. The predicted molar refractivity (Wildman–Crippen MR) is 98.0 cm³/mol. The van der Waals surface area contributed by atoms with E-state index in [1.807, 2.05) is 35.0 Å². The number of hydrogen-bond donors (Lipinski definition) is 0. The highest BCUT2D eigenvalue weighted by Crippen LogP contribution is 2.33. The fraction of sp³-hybridized carbons (Fsp3) is 0.188. The summed E-state index contributed by atoms with van der Waals surface area (Å²) in [5.41, 5.74) is 0. The van der Waals surface area contributed by atoms with Crippen molar-refractivity contribution >= 4 is 51.5 Å². The molecule has 1 aliphatic rings. The zero-order valence-electron chi connectivity index (χ0n) is 12.8. The van der Waals surface area contributed by atoms with Gasteiger partial charge in [-0.2, -0.15) is 0 Å². The number of aliphatic imine (C=N–C) groups is 1. The lowest BCUT2D eigenvalue weighted by Gasteiger charge is -2.14. The quantitative estimate of drug-likeness (QED) is 0.590. The number of nitrogens with zero attached hydrogens (tertiary/aromatic N) is 2. The van der Waals surface area contributed by atoms with Crippen molar-refractivity contribution in [3.8, 4) is 0 Å². The molecular formula is C16H14N2O3S3. The monoisotopic (exact) mass is 378 g/mol. The molecule has 0 saturated carbocycles. The lowest BCUT2D eigenvalue weighted by atomic mass is 10.4. The topological polar surface area (TPSA) is 59.0 Å². The minimum atomic E-state index is -0.540. The normalized spacial score (nSPS) is 17.9. The second kappa shape index (κ2) is 7.78. The van der Waals surface area contributed by atoms with E-state index in [4.69, 9.17) is 0 Å². The highest BCUT2D eigenvalue weighted by atomic mass is 32.2. The lowest BCUT2D eigenvalue weighted by Crippen LogP contribution is -2.28. The van der Waals surface area contributed by atoms with E-state index in [2.05, 4.69) is 9.73 Å². The highest BCUT2D eigenvalue weighted by molar-refractivity contribution is 8.18. The Bertz CT molecular complexity index is 780. The predicted octanol–water partition coefficient (Wildman–Crippen LogP) is 3.50. The molecule has 1 fully saturated rings. The van der Waals surface area contributed by atoms with Gasteiger partial charge in [0.15, 0.2) is 5.17 Å². The smallest absolute Gasteiger partial charge is 0.331 e. The van der Waals surface area contributed by atoms with E-state index in [1.165, 1.54) is 24.9 Å². The van der Waals surface area contributed by atoms with Crippen molar-refractivity contribution in [2.75, 3.05) is 7.11 Å². The molecule has 0 radical (unpaired) electrons. The van der Waals surface area contributed by atoms with Crippen molar-refractivity contribution in [3.05, 3.63) is 55.8 Å². The van der Waals surface area contributed by atoms with Gasteiger partial charge in [-0.3, -0.25) is 14.7 Å². The first-order chi connectivity index (χ1) is 11.7. The molecule has 3 heterocycles. The second-order valence-corrected chi connectivity index (χ2v) is 7.86. The van der Waals surface area contributed by atoms with Crippen molar-refractivity contribution < 1.29 is 14.3 Å². The van der Waals surface area contributed by atoms with E-state index in [-0.39, 0.29) is 5.91 Å². The number of carbonyl (C=O) groups excluding carboxylic acids is 2. The lowest BCUT2D eigenvalue weighted by molar-refractivity contribution is -0.135. The van der Waals surface area contributed by atoms with Gasteiger partial charge in [0.25, 0.3) is 5.91 Å². The molecule has 3 rings (SSSR count). The summed E-state index contributed by atoms with van der Waals surface area (Å²) >= 11 is 4.41. The number of carbonyl (C=O) groups is 2. The van der Waals surface area contributed by atoms with Gasteiger partial charge >= 0.3 is 5.97 Å². The van der Waals surface area contributed by atoms with Gasteiger partial charge in [-0.15, -0.1) is 22.7 Å². The maximum Gasteiger partial charge on any atom is 0.331 e. The molecular weight excluding hydrogens is 364 g/mol. The van der Waals surface area contributed by atoms with Crippen molar-refractivity contribution in [2.45, 2.75) is 13.1 Å². The molecule has 0 unspecified atom stereocenters. The third kappa shape index (κ3) is 3.95. The van der Waals surface area contributed by atoms with Crippen LogP contribution in [0, 0.1) is 0 Å². The third-order valence-corrected chi connectivity index (χ3v) is 5.95. The van der Waals surface area contributed by atoms with Crippen LogP contribution in [0.2, 0.25) is 0 Å². The second-order valence-electron chi connectivity index (χ2n) is 4.78. The summed E-state index contributed by atoms with van der Waals surface area (Å²) in [6.45, 7) is 0.963. The zero-order valence-corrected chi connectivity index (χ0v) is 15.2. The summed E-state index contributed by atoms with van der Waals surface area (Å²) in [6.07, 6.45) is 1.22. The Morgan fingerprint density at radius 2 is 1.96 bits per heavy atom. The van der Waals surface area contributed by atoms with Crippen LogP contribution in [0.1, 0.15) is 9.75 Å². The van der Waals surface area contributed by atoms with Crippen LogP contribution in [-0.4, -0.2) is 29.1 Å². The summed E-state index contributed by atoms with van der Waals surface area (Å²) in [5.74, 6) is -0.759. The molecule has 2 aromatic heterocycles. The molecule has 1 saturated heterocycles. The fourth-order valence-corrected chi connectivity index (χ4v) is 4.29. The van der Waals surface area contributed by atoms with Gasteiger partial charge in [0.05, 0.1) is 25.1 Å². The van der Waals surface area contributed by atoms with Crippen LogP contribution < -0.4 is 0 Å². The van der Waals surface area contributed by atoms with Gasteiger partial charge in [0.1, 0.15) is 0 Å². The van der Waals surface area contributed by atoms with Gasteiger partial charge in [0, 0.05) is 15.8 Å². The Morgan fingerprint density at radius 1 is 1.25 bits per heavy atom. The van der Waals surface area contributed by atoms with Crippen molar-refractivity contribution in [1.82, 2.24) is 4.90 Å². The van der Waals surface area contributed by atoms with Gasteiger partial charge < -0.3 is 4.74 Å². The number of ether oxygens (including phenoxy) is 1. The number of amides is 1. The van der Waals surface area contributed by atoms with Crippen LogP contribution in [0.5, 0.6) is 0 Å². The SMILES string of the molecule is COC(=O)C=C1SC(=NCc2cccs2)N(Cc2cccs2)C1=O. The number of hydrogen-bond acceptors (Lipinski definition) is 7. The molecule has 0 N–H and O–H groups in total. The number of rotatable bonds is 5. The summed E-state index contributed by atoms with van der Waals surface area (Å²) in [4.78, 5) is 32.8. The average molecular weight is 379 g/mol. The van der Waals surface area contributed by atoms with E-state index in [9.17, 15) is 9.59 Å². The molecule has 124 valence electrons. The van der Waals surface area contributed by atoms with E-state index in [0.29, 0.717) is 23.2 Å². The van der Waals surface area contributed by atoms with Crippen LogP contribution in [0.25, 0.3) is 0 Å². The number of esters is 1. The molecule has 1 amide bonds. The minimum absolute atomic E-state index is 0.219. The van der Waals surface area contributed by atoms with Gasteiger partial charge in [-0.25, -0.2) is 4.79 Å². The largest absolute Gasteiger partial charge is 0.466 e. The zero-order chi connectivity index (χ0) is 16.9. The maximum atomic E-state index is 12.6. The molecule has 0 aromatic carbocycles. The van der Waals surface area contributed by atoms with Gasteiger partial charge in [-0.1, -0.05) is 12.1 Å². The van der Waals surface area contributed by atoms with Crippen LogP contribution in [0.15, 0.2) is 51.0 Å². The number of thiophene rings is 2. The van der Waals surface area contributed by atoms with E-state index in [0.717, 1.165) is 9.75 Å². The number of methoxy groups -OCH3 is 1. The Morgan fingerprint density at radius 3 is 2.58 bits per heavy atom. The average Bonchev–Trinajstić information content (AvgIpc) is 3.32. The minimum Gasteiger partial charge on any atom is -0.466 e. The summed E-state index contributed by atoms with van der Waals surface area (Å²) in [7, 11) is 1.29. The first-order valence-corrected chi connectivity index (χ1v) is 9.63. The fourth-order valence-electron chi connectivity index (χ4n) is 2.04. The molecule has 1 aliphatic heterocycles. The number of amidine groups is 1. The summed E-state index contributed by atoms with van der Waals surface area (Å²) in [6, 6.07) is 7.90. The first kappa shape index (κ1) is 16.9. The van der Waals surface area contributed by atoms with Crippen LogP contribution >= 0.6 is 34.4 Å². The standard InChI is InChI=1S/C16H14N2O3S3/c1-21-14(19)8-13-15(20)18(10-12-5-3-7-23-12)16(24-13)17-9-11-4-2-6-22-11/h2-8H,9-10H2,1H3. The molecule has 0 aliphatic carbocycles. The highest BCUT2D eigenvalue weighted by Gasteiger charge is 2.34. The van der Waals surface area contributed by atoms with Crippen molar-refractivity contribution in [1.29, 1.82) is 0 Å². The van der Waals surface area contributed by atoms with Gasteiger partial charge in [-0.05, 0) is 34.7 Å². The van der Waals surface area contributed by atoms with Crippen molar-refractivity contribution in [3.63, 3.8) is 0 Å². The molecule has 0 atom stereocenters. The molecule has 0 spiro atoms. The Labute approximate surface area is 151 Å². The maximum absolute atomic E-state index is 12.6. The van der Waals surface area contributed by atoms with Crippen LogP contribution in [0.3, 0.4) is 0 Å². The van der Waals surface area contributed by atoms with Crippen LogP contribution in [0.4, 0.5) is 0 Å². The Balaban J connectivity index is 1.85. The Kier molecular flexibility index (Phi) is 5.49. The molecule has 5 nitrogen and oxygen atoms in total.